The number of hydrogen-bond donors (Lipinski definition) is 0. The van der Waals surface area contributed by atoms with Gasteiger partial charge in [-0.1, -0.05) is 0 Å². The maximum absolute atomic E-state index is 11.7. The summed E-state index contributed by atoms with van der Waals surface area (Å²) in [6, 6.07) is 0. The summed E-state index contributed by atoms with van der Waals surface area (Å²) in [5.41, 5.74) is 2.07. The Morgan fingerprint density at radius 1 is 1.31 bits per heavy atom. The van der Waals surface area contributed by atoms with Crippen molar-refractivity contribution in [2.24, 2.45) is 7.05 Å². The minimum absolute atomic E-state index is 0.113. The van der Waals surface area contributed by atoms with Crippen molar-refractivity contribution in [3.63, 3.8) is 0 Å². The van der Waals surface area contributed by atoms with Gasteiger partial charge in [-0.2, -0.15) is 0 Å². The second-order valence-corrected chi connectivity index (χ2v) is 4.81. The maximum atomic E-state index is 11.7. The molecule has 0 bridgehead atoms. The minimum Gasteiger partial charge on any atom is -0.305 e. The zero-order valence-corrected chi connectivity index (χ0v) is 11.1. The summed E-state index contributed by atoms with van der Waals surface area (Å²) >= 11 is 3.91. The third-order valence-electron chi connectivity index (χ3n) is 2.20. The Kier molecular flexibility index (Phi) is 3.45. The van der Waals surface area contributed by atoms with Crippen LogP contribution in [0.2, 0.25) is 0 Å². The van der Waals surface area contributed by atoms with Gasteiger partial charge in [-0.3, -0.25) is 4.79 Å². The van der Waals surface area contributed by atoms with E-state index in [0.717, 1.165) is 16.2 Å². The van der Waals surface area contributed by atoms with Crippen LogP contribution in [-0.4, -0.2) is 10.8 Å². The van der Waals surface area contributed by atoms with Crippen LogP contribution in [0.5, 0.6) is 0 Å². The van der Waals surface area contributed by atoms with E-state index >= 15 is 0 Å². The van der Waals surface area contributed by atoms with Gasteiger partial charge in [0.25, 0.3) is 5.56 Å². The van der Waals surface area contributed by atoms with Crippen molar-refractivity contribution in [1.29, 1.82) is 0 Å². The fraction of sp³-hybridized carbons (Fsp3) is 0.444. The van der Waals surface area contributed by atoms with Gasteiger partial charge in [0.2, 0.25) is 0 Å². The van der Waals surface area contributed by atoms with E-state index in [2.05, 4.69) is 22.6 Å². The van der Waals surface area contributed by atoms with Crippen molar-refractivity contribution >= 4 is 34.4 Å². The number of rotatable bonds is 1. The lowest BCUT2D eigenvalue weighted by Gasteiger charge is -2.12. The highest BCUT2D eigenvalue weighted by Crippen LogP contribution is 2.24. The molecule has 0 radical (unpaired) electrons. The third kappa shape index (κ3) is 1.79. The van der Waals surface area contributed by atoms with Gasteiger partial charge in [0.1, 0.15) is 0 Å². The molecule has 0 amide bonds. The molecule has 1 aromatic heterocycles. The van der Waals surface area contributed by atoms with Crippen LogP contribution in [0.1, 0.15) is 11.1 Å². The summed E-state index contributed by atoms with van der Waals surface area (Å²) in [6.07, 6.45) is 1.99. The van der Waals surface area contributed by atoms with E-state index in [1.54, 1.807) is 16.3 Å². The number of pyridine rings is 1. The van der Waals surface area contributed by atoms with Crippen molar-refractivity contribution in [3.05, 3.63) is 25.1 Å². The molecule has 0 atom stereocenters. The normalized spacial score (nSPS) is 10.5. The SMILES string of the molecule is CSc1c(I)c(C)c(C)c(=O)n1C. The monoisotopic (exact) mass is 309 g/mol. The predicted octanol–water partition coefficient (Wildman–Crippen LogP) is 2.33. The fourth-order valence-electron chi connectivity index (χ4n) is 1.20. The zero-order valence-electron chi connectivity index (χ0n) is 8.14. The van der Waals surface area contributed by atoms with Gasteiger partial charge < -0.3 is 4.57 Å². The molecule has 0 unspecified atom stereocenters. The first-order valence-corrected chi connectivity index (χ1v) is 6.20. The van der Waals surface area contributed by atoms with Crippen LogP contribution < -0.4 is 5.56 Å². The van der Waals surface area contributed by atoms with Crippen molar-refractivity contribution in [1.82, 2.24) is 4.57 Å². The molecule has 13 heavy (non-hydrogen) atoms. The minimum atomic E-state index is 0.113. The maximum Gasteiger partial charge on any atom is 0.254 e. The molecular formula is C9H12INOS. The largest absolute Gasteiger partial charge is 0.305 e. The predicted molar refractivity (Wildman–Crippen MR) is 65.7 cm³/mol. The molecule has 0 aliphatic heterocycles. The molecule has 72 valence electrons. The van der Waals surface area contributed by atoms with Crippen LogP contribution in [0.3, 0.4) is 0 Å². The Bertz CT molecular complexity index is 398. The van der Waals surface area contributed by atoms with E-state index in [-0.39, 0.29) is 5.56 Å². The topological polar surface area (TPSA) is 22.0 Å². The summed E-state index contributed by atoms with van der Waals surface area (Å²) in [5, 5.41) is 1.05. The van der Waals surface area contributed by atoms with Gasteiger partial charge in [0, 0.05) is 16.2 Å². The van der Waals surface area contributed by atoms with Crippen LogP contribution in [0.4, 0.5) is 0 Å². The van der Waals surface area contributed by atoms with Gasteiger partial charge in [-0.25, -0.2) is 0 Å². The first kappa shape index (κ1) is 11.1. The molecule has 0 saturated carbocycles. The van der Waals surface area contributed by atoms with Gasteiger partial charge in [-0.05, 0) is 48.3 Å². The van der Waals surface area contributed by atoms with Gasteiger partial charge in [-0.15, -0.1) is 11.8 Å². The summed E-state index contributed by atoms with van der Waals surface area (Å²) in [6.45, 7) is 3.88. The molecule has 1 rings (SSSR count). The van der Waals surface area contributed by atoms with Gasteiger partial charge >= 0.3 is 0 Å². The van der Waals surface area contributed by atoms with Crippen LogP contribution >= 0.6 is 34.4 Å². The van der Waals surface area contributed by atoms with Crippen LogP contribution in [0.25, 0.3) is 0 Å². The summed E-state index contributed by atoms with van der Waals surface area (Å²) in [5.74, 6) is 0. The second-order valence-electron chi connectivity index (χ2n) is 2.94. The van der Waals surface area contributed by atoms with E-state index in [1.165, 1.54) is 3.57 Å². The molecule has 0 aliphatic rings. The molecule has 0 spiro atoms. The van der Waals surface area contributed by atoms with E-state index < -0.39 is 0 Å². The van der Waals surface area contributed by atoms with Crippen LogP contribution in [-0.2, 0) is 7.05 Å². The molecule has 4 heteroatoms. The highest BCUT2D eigenvalue weighted by molar-refractivity contribution is 14.1. The van der Waals surface area contributed by atoms with Crippen molar-refractivity contribution in [2.45, 2.75) is 18.9 Å². The Labute approximate surface area is 95.9 Å². The summed E-state index contributed by atoms with van der Waals surface area (Å²) in [4.78, 5) is 11.7. The molecule has 0 saturated heterocycles. The lowest BCUT2D eigenvalue weighted by atomic mass is 10.2. The second kappa shape index (κ2) is 4.04. The van der Waals surface area contributed by atoms with Gasteiger partial charge in [0.05, 0.1) is 5.03 Å². The van der Waals surface area contributed by atoms with E-state index in [1.807, 2.05) is 27.2 Å². The number of hydrogen-bond acceptors (Lipinski definition) is 2. The average molecular weight is 309 g/mol. The quantitative estimate of drug-likeness (QED) is 0.587. The summed E-state index contributed by atoms with van der Waals surface area (Å²) < 4.78 is 2.90. The Morgan fingerprint density at radius 2 is 1.85 bits per heavy atom. The fourth-order valence-corrected chi connectivity index (χ4v) is 3.32. The van der Waals surface area contributed by atoms with Gasteiger partial charge in [0.15, 0.2) is 0 Å². The first-order chi connectivity index (χ1) is 6.00. The molecule has 0 aliphatic carbocycles. The van der Waals surface area contributed by atoms with Crippen LogP contribution in [0.15, 0.2) is 9.82 Å². The molecule has 0 fully saturated rings. The van der Waals surface area contributed by atoms with Crippen molar-refractivity contribution < 1.29 is 0 Å². The Morgan fingerprint density at radius 3 is 2.31 bits per heavy atom. The molecule has 2 nitrogen and oxygen atoms in total. The average Bonchev–Trinajstić information content (AvgIpc) is 2.13. The van der Waals surface area contributed by atoms with E-state index in [4.69, 9.17) is 0 Å². The number of thioether (sulfide) groups is 1. The lowest BCUT2D eigenvalue weighted by molar-refractivity contribution is 0.742. The van der Waals surface area contributed by atoms with E-state index in [9.17, 15) is 4.79 Å². The zero-order chi connectivity index (χ0) is 10.2. The molecular weight excluding hydrogens is 297 g/mol. The molecule has 1 heterocycles. The highest BCUT2D eigenvalue weighted by Gasteiger charge is 2.11. The highest BCUT2D eigenvalue weighted by atomic mass is 127. The number of aromatic nitrogens is 1. The van der Waals surface area contributed by atoms with Crippen molar-refractivity contribution in [3.8, 4) is 0 Å². The third-order valence-corrected chi connectivity index (χ3v) is 4.75. The molecule has 0 aromatic carbocycles. The van der Waals surface area contributed by atoms with Crippen molar-refractivity contribution in [2.75, 3.05) is 6.26 Å². The standard InChI is InChI=1S/C9H12INOS/c1-5-6(2)8(12)11(3)9(13-4)7(5)10/h1-4H3. The number of halogens is 1. The molecule has 0 N–H and O–H groups in total. The lowest BCUT2D eigenvalue weighted by Crippen LogP contribution is -2.23. The Balaban J connectivity index is 3.67. The molecule has 1 aromatic rings. The smallest absolute Gasteiger partial charge is 0.254 e. The Hall–Kier alpha value is 0.0300. The first-order valence-electron chi connectivity index (χ1n) is 3.90. The number of nitrogens with zero attached hydrogens (tertiary/aromatic N) is 1. The van der Waals surface area contributed by atoms with E-state index in [0.29, 0.717) is 0 Å². The summed E-state index contributed by atoms with van der Waals surface area (Å²) in [7, 11) is 1.82. The van der Waals surface area contributed by atoms with Crippen LogP contribution in [0, 0.1) is 17.4 Å².